The number of anilines is 2. The van der Waals surface area contributed by atoms with Crippen molar-refractivity contribution in [3.05, 3.63) is 138 Å². The maximum absolute atomic E-state index is 13.1. The van der Waals surface area contributed by atoms with Gasteiger partial charge in [0.2, 0.25) is 0 Å². The Morgan fingerprint density at radius 1 is 0.884 bits per heavy atom. The molecule has 43 heavy (non-hydrogen) atoms. The van der Waals surface area contributed by atoms with Crippen LogP contribution in [0.3, 0.4) is 0 Å². The van der Waals surface area contributed by atoms with Crippen LogP contribution in [0.2, 0.25) is 0 Å². The van der Waals surface area contributed by atoms with Crippen LogP contribution >= 0.6 is 0 Å². The van der Waals surface area contributed by atoms with Crippen LogP contribution in [-0.2, 0) is 16.0 Å². The van der Waals surface area contributed by atoms with Gasteiger partial charge in [-0.1, -0.05) is 79.4 Å². The van der Waals surface area contributed by atoms with Gasteiger partial charge in [0, 0.05) is 41.0 Å². The van der Waals surface area contributed by atoms with Crippen molar-refractivity contribution in [1.82, 2.24) is 0 Å². The first-order valence-corrected chi connectivity index (χ1v) is 14.2. The van der Waals surface area contributed by atoms with Gasteiger partial charge in [0.1, 0.15) is 11.8 Å². The standard InChI is InChI=1S/C36H36N2O5/c1-25(2)35(40)38(33-17-10-7-12-26(33)3)22-11-23-43-29-20-18-27(19-21-29)24-32(36(41)42)37-31-16-9-8-15-30(31)34(39)28-13-5-4-6-14-28/h4-10,12-21,32,37H,1,11,22-24H2,2-3H3,(H,41,42)/t32-/m0/s1. The van der Waals surface area contributed by atoms with Crippen LogP contribution in [0.1, 0.15) is 40.4 Å². The van der Waals surface area contributed by atoms with Gasteiger partial charge in [-0.15, -0.1) is 0 Å². The monoisotopic (exact) mass is 576 g/mol. The summed E-state index contributed by atoms with van der Waals surface area (Å²) in [4.78, 5) is 39.8. The number of carboxylic acids is 1. The fraction of sp³-hybridized carbons (Fsp3) is 0.194. The molecule has 0 aliphatic rings. The van der Waals surface area contributed by atoms with E-state index < -0.39 is 12.0 Å². The minimum Gasteiger partial charge on any atom is -0.494 e. The molecule has 4 aromatic carbocycles. The molecule has 7 heteroatoms. The molecule has 0 aliphatic heterocycles. The summed E-state index contributed by atoms with van der Waals surface area (Å²) in [5.74, 6) is -0.673. The normalized spacial score (nSPS) is 11.3. The van der Waals surface area contributed by atoms with Crippen LogP contribution in [0.25, 0.3) is 0 Å². The Balaban J connectivity index is 1.36. The lowest BCUT2D eigenvalue weighted by molar-refractivity contribution is -0.137. The van der Waals surface area contributed by atoms with Crippen LogP contribution in [-0.4, -0.2) is 42.0 Å². The largest absolute Gasteiger partial charge is 0.494 e. The van der Waals surface area contributed by atoms with Gasteiger partial charge in [-0.2, -0.15) is 0 Å². The molecule has 0 radical (unpaired) electrons. The van der Waals surface area contributed by atoms with E-state index in [1.807, 2.05) is 49.4 Å². The number of benzene rings is 4. The van der Waals surface area contributed by atoms with E-state index in [0.29, 0.717) is 47.7 Å². The highest BCUT2D eigenvalue weighted by molar-refractivity contribution is 6.12. The number of aryl methyl sites for hydroxylation is 1. The number of ketones is 1. The second kappa shape index (κ2) is 14.6. The number of para-hydroxylation sites is 2. The quantitative estimate of drug-likeness (QED) is 0.0984. The topological polar surface area (TPSA) is 95.9 Å². The predicted molar refractivity (Wildman–Crippen MR) is 170 cm³/mol. The lowest BCUT2D eigenvalue weighted by Crippen LogP contribution is -2.33. The van der Waals surface area contributed by atoms with Crippen molar-refractivity contribution in [3.8, 4) is 5.75 Å². The Hall–Kier alpha value is -5.17. The molecule has 220 valence electrons. The summed E-state index contributed by atoms with van der Waals surface area (Å²) in [5.41, 5.74) is 4.55. The van der Waals surface area contributed by atoms with Crippen LogP contribution in [0.5, 0.6) is 5.75 Å². The number of amides is 1. The Bertz CT molecular complexity index is 1580. The maximum atomic E-state index is 13.1. The van der Waals surface area contributed by atoms with E-state index >= 15 is 0 Å². The highest BCUT2D eigenvalue weighted by Gasteiger charge is 2.22. The van der Waals surface area contributed by atoms with Gasteiger partial charge >= 0.3 is 5.97 Å². The number of carbonyl (C=O) groups is 3. The number of carboxylic acid groups (broad SMARTS) is 1. The maximum Gasteiger partial charge on any atom is 0.326 e. The van der Waals surface area contributed by atoms with Crippen molar-refractivity contribution < 1.29 is 24.2 Å². The van der Waals surface area contributed by atoms with Crippen molar-refractivity contribution in [2.24, 2.45) is 0 Å². The molecule has 4 aromatic rings. The Labute approximate surface area is 252 Å². The van der Waals surface area contributed by atoms with Crippen molar-refractivity contribution in [1.29, 1.82) is 0 Å². The molecule has 0 fully saturated rings. The minimum atomic E-state index is -1.02. The van der Waals surface area contributed by atoms with Gasteiger partial charge in [0.25, 0.3) is 5.91 Å². The van der Waals surface area contributed by atoms with Crippen molar-refractivity contribution in [2.45, 2.75) is 32.7 Å². The molecule has 0 unspecified atom stereocenters. The molecule has 0 spiro atoms. The summed E-state index contributed by atoms with van der Waals surface area (Å²) < 4.78 is 5.92. The van der Waals surface area contributed by atoms with Crippen molar-refractivity contribution in [2.75, 3.05) is 23.4 Å². The van der Waals surface area contributed by atoms with E-state index in [2.05, 4.69) is 11.9 Å². The van der Waals surface area contributed by atoms with E-state index in [0.717, 1.165) is 16.8 Å². The summed E-state index contributed by atoms with van der Waals surface area (Å²) in [7, 11) is 0. The molecule has 0 bridgehead atoms. The zero-order chi connectivity index (χ0) is 30.8. The molecule has 7 nitrogen and oxygen atoms in total. The zero-order valence-corrected chi connectivity index (χ0v) is 24.5. The highest BCUT2D eigenvalue weighted by atomic mass is 16.5. The molecule has 4 rings (SSSR count). The van der Waals surface area contributed by atoms with Crippen molar-refractivity contribution >= 4 is 29.0 Å². The molecule has 0 saturated heterocycles. The Kier molecular flexibility index (Phi) is 10.5. The summed E-state index contributed by atoms with van der Waals surface area (Å²) in [6.45, 7) is 8.38. The smallest absolute Gasteiger partial charge is 0.326 e. The molecule has 0 heterocycles. The number of nitrogens with zero attached hydrogens (tertiary/aromatic N) is 1. The van der Waals surface area contributed by atoms with E-state index in [-0.39, 0.29) is 18.1 Å². The average molecular weight is 577 g/mol. The third-order valence-corrected chi connectivity index (χ3v) is 7.01. The van der Waals surface area contributed by atoms with E-state index in [4.69, 9.17) is 4.74 Å². The number of carbonyl (C=O) groups excluding carboxylic acids is 2. The fourth-order valence-corrected chi connectivity index (χ4v) is 4.74. The SMILES string of the molecule is C=C(C)C(=O)N(CCCOc1ccc(C[C@H](Nc2ccccc2C(=O)c2ccccc2)C(=O)O)cc1)c1ccccc1C. The van der Waals surface area contributed by atoms with Gasteiger partial charge in [0.15, 0.2) is 5.78 Å². The van der Waals surface area contributed by atoms with E-state index in [1.54, 1.807) is 72.5 Å². The molecule has 1 atom stereocenters. The third kappa shape index (κ3) is 8.20. The average Bonchev–Trinajstić information content (AvgIpc) is 3.02. The van der Waals surface area contributed by atoms with Crippen LogP contribution in [0.4, 0.5) is 11.4 Å². The number of hydrogen-bond acceptors (Lipinski definition) is 5. The first-order valence-electron chi connectivity index (χ1n) is 14.2. The Morgan fingerprint density at radius 3 is 2.21 bits per heavy atom. The molecule has 1 amide bonds. The minimum absolute atomic E-state index is 0.118. The molecule has 0 aliphatic carbocycles. The van der Waals surface area contributed by atoms with Crippen LogP contribution in [0, 0.1) is 6.92 Å². The predicted octanol–water partition coefficient (Wildman–Crippen LogP) is 6.71. The summed E-state index contributed by atoms with van der Waals surface area (Å²) in [6.07, 6.45) is 0.819. The summed E-state index contributed by atoms with van der Waals surface area (Å²) in [5, 5.41) is 13.0. The lowest BCUT2D eigenvalue weighted by Gasteiger charge is -2.24. The van der Waals surface area contributed by atoms with E-state index in [1.165, 1.54) is 0 Å². The highest BCUT2D eigenvalue weighted by Crippen LogP contribution is 2.23. The summed E-state index contributed by atoms with van der Waals surface area (Å²) >= 11 is 0. The number of hydrogen-bond donors (Lipinski definition) is 2. The second-order valence-corrected chi connectivity index (χ2v) is 10.3. The molecule has 0 saturated carbocycles. The molecular formula is C36H36N2O5. The molecule has 2 N–H and O–H groups in total. The first kappa shape index (κ1) is 30.8. The lowest BCUT2D eigenvalue weighted by atomic mass is 10.00. The Morgan fingerprint density at radius 2 is 1.53 bits per heavy atom. The van der Waals surface area contributed by atoms with E-state index in [9.17, 15) is 19.5 Å². The van der Waals surface area contributed by atoms with Crippen molar-refractivity contribution in [3.63, 3.8) is 0 Å². The zero-order valence-electron chi connectivity index (χ0n) is 24.5. The first-order chi connectivity index (χ1) is 20.7. The van der Waals surface area contributed by atoms with Gasteiger partial charge in [-0.05, 0) is 61.7 Å². The third-order valence-electron chi connectivity index (χ3n) is 7.01. The second-order valence-electron chi connectivity index (χ2n) is 10.3. The number of nitrogens with one attached hydrogen (secondary N) is 1. The van der Waals surface area contributed by atoms with Crippen LogP contribution in [0.15, 0.2) is 115 Å². The fourth-order valence-electron chi connectivity index (χ4n) is 4.74. The van der Waals surface area contributed by atoms with Gasteiger partial charge in [-0.25, -0.2) is 4.79 Å². The van der Waals surface area contributed by atoms with Gasteiger partial charge in [0.05, 0.1) is 6.61 Å². The molecule has 0 aromatic heterocycles. The van der Waals surface area contributed by atoms with Gasteiger partial charge in [-0.3, -0.25) is 9.59 Å². The number of rotatable bonds is 14. The number of ether oxygens (including phenoxy) is 1. The molecular weight excluding hydrogens is 540 g/mol. The van der Waals surface area contributed by atoms with Gasteiger partial charge < -0.3 is 20.1 Å². The van der Waals surface area contributed by atoms with Crippen LogP contribution < -0.4 is 15.0 Å². The summed E-state index contributed by atoms with van der Waals surface area (Å²) in [6, 6.07) is 29.9. The number of aliphatic carboxylic acids is 1.